The number of likely N-dealkylation sites (N-methyl/N-ethyl adjacent to an activating group) is 1. The summed E-state index contributed by atoms with van der Waals surface area (Å²) in [4.78, 5) is 23.5. The summed E-state index contributed by atoms with van der Waals surface area (Å²) in [6.45, 7) is 2.73. The van der Waals surface area contributed by atoms with Crippen molar-refractivity contribution >= 4 is 24.0 Å². The van der Waals surface area contributed by atoms with Gasteiger partial charge in [0.15, 0.2) is 12.4 Å². The van der Waals surface area contributed by atoms with Crippen LogP contribution in [0.4, 0.5) is 0 Å². The molecular formula is C10H17N5O3S. The van der Waals surface area contributed by atoms with Crippen LogP contribution in [0, 0.1) is 0 Å². The quantitative estimate of drug-likeness (QED) is 0.358. The van der Waals surface area contributed by atoms with Crippen molar-refractivity contribution in [3.63, 3.8) is 0 Å². The lowest BCUT2D eigenvalue weighted by atomic mass is 10.4. The van der Waals surface area contributed by atoms with Gasteiger partial charge in [-0.1, -0.05) is 11.8 Å². The first kappa shape index (κ1) is 15.6. The molecule has 106 valence electrons. The third-order valence-corrected chi connectivity index (χ3v) is 3.15. The maximum atomic E-state index is 10.8. The van der Waals surface area contributed by atoms with Crippen LogP contribution in [0.3, 0.4) is 0 Å². The van der Waals surface area contributed by atoms with Gasteiger partial charge >= 0.3 is 5.97 Å². The fourth-order valence-corrected chi connectivity index (χ4v) is 2.04. The number of tetrazole rings is 1. The zero-order chi connectivity index (χ0) is 14.3. The lowest BCUT2D eigenvalue weighted by Crippen LogP contribution is -2.22. The largest absolute Gasteiger partial charge is 0.454 e. The third-order valence-electron chi connectivity index (χ3n) is 2.10. The molecule has 0 spiro atoms. The maximum absolute atomic E-state index is 10.8. The SMILES string of the molecule is CC(=O)OC(C=O)CSc1nnnn1CCN(C)C. The Hall–Kier alpha value is -1.48. The highest BCUT2D eigenvalue weighted by atomic mass is 32.2. The van der Waals surface area contributed by atoms with Gasteiger partial charge in [0.05, 0.1) is 6.54 Å². The van der Waals surface area contributed by atoms with E-state index < -0.39 is 12.1 Å². The van der Waals surface area contributed by atoms with Gasteiger partial charge in [-0.3, -0.25) is 9.59 Å². The molecule has 0 aliphatic heterocycles. The van der Waals surface area contributed by atoms with Crippen LogP contribution in [0.15, 0.2) is 5.16 Å². The normalized spacial score (nSPS) is 12.4. The molecule has 1 atom stereocenters. The molecule has 1 aromatic rings. The Morgan fingerprint density at radius 3 is 2.89 bits per heavy atom. The van der Waals surface area contributed by atoms with E-state index in [0.29, 0.717) is 23.7 Å². The highest BCUT2D eigenvalue weighted by Gasteiger charge is 2.14. The smallest absolute Gasteiger partial charge is 0.303 e. The second kappa shape index (κ2) is 7.85. The second-order valence-electron chi connectivity index (χ2n) is 4.08. The minimum absolute atomic E-state index is 0.297. The molecule has 0 aliphatic rings. The zero-order valence-corrected chi connectivity index (χ0v) is 12.0. The molecule has 0 N–H and O–H groups in total. The number of hydrogen-bond acceptors (Lipinski definition) is 8. The van der Waals surface area contributed by atoms with Gasteiger partial charge in [-0.05, 0) is 24.5 Å². The summed E-state index contributed by atoms with van der Waals surface area (Å²) < 4.78 is 6.48. The monoisotopic (exact) mass is 287 g/mol. The van der Waals surface area contributed by atoms with Gasteiger partial charge in [0.25, 0.3) is 0 Å². The summed E-state index contributed by atoms with van der Waals surface area (Å²) in [5.41, 5.74) is 0. The predicted octanol–water partition coefficient (Wildman–Crippen LogP) is -0.543. The Morgan fingerprint density at radius 2 is 2.32 bits per heavy atom. The van der Waals surface area contributed by atoms with Crippen LogP contribution >= 0.6 is 11.8 Å². The van der Waals surface area contributed by atoms with Crippen LogP contribution in [0.25, 0.3) is 0 Å². The third kappa shape index (κ3) is 5.79. The molecule has 1 aromatic heterocycles. The van der Waals surface area contributed by atoms with Crippen LogP contribution < -0.4 is 0 Å². The highest BCUT2D eigenvalue weighted by molar-refractivity contribution is 7.99. The molecule has 8 nitrogen and oxygen atoms in total. The van der Waals surface area contributed by atoms with Crippen molar-refractivity contribution in [3.05, 3.63) is 0 Å². The number of thioether (sulfide) groups is 1. The molecule has 0 aromatic carbocycles. The van der Waals surface area contributed by atoms with Crippen LogP contribution in [0.5, 0.6) is 0 Å². The topological polar surface area (TPSA) is 90.2 Å². The van der Waals surface area contributed by atoms with Crippen LogP contribution in [-0.4, -0.2) is 69.9 Å². The van der Waals surface area contributed by atoms with E-state index in [-0.39, 0.29) is 0 Å². The maximum Gasteiger partial charge on any atom is 0.303 e. The van der Waals surface area contributed by atoms with Crippen LogP contribution in [-0.2, 0) is 20.9 Å². The van der Waals surface area contributed by atoms with E-state index in [9.17, 15) is 9.59 Å². The molecular weight excluding hydrogens is 270 g/mol. The summed E-state index contributed by atoms with van der Waals surface area (Å²) in [6.07, 6.45) is -0.177. The molecule has 1 heterocycles. The van der Waals surface area contributed by atoms with E-state index in [0.717, 1.165) is 6.54 Å². The van der Waals surface area contributed by atoms with Crippen LogP contribution in [0.1, 0.15) is 6.92 Å². The summed E-state index contributed by atoms with van der Waals surface area (Å²) in [5, 5.41) is 11.9. The Labute approximate surface area is 115 Å². The number of aldehydes is 1. The first-order chi connectivity index (χ1) is 9.02. The number of nitrogens with zero attached hydrogens (tertiary/aromatic N) is 5. The summed E-state index contributed by atoms with van der Waals surface area (Å²) in [5.74, 6) is -0.185. The van der Waals surface area contributed by atoms with Gasteiger partial charge < -0.3 is 9.64 Å². The van der Waals surface area contributed by atoms with Gasteiger partial charge in [0.2, 0.25) is 5.16 Å². The minimum Gasteiger partial charge on any atom is -0.454 e. The second-order valence-corrected chi connectivity index (χ2v) is 5.07. The highest BCUT2D eigenvalue weighted by Crippen LogP contribution is 2.15. The fraction of sp³-hybridized carbons (Fsp3) is 0.700. The first-order valence-corrected chi connectivity index (χ1v) is 6.67. The molecule has 0 amide bonds. The van der Waals surface area contributed by atoms with Crippen molar-refractivity contribution in [3.8, 4) is 0 Å². The minimum atomic E-state index is -0.776. The molecule has 0 saturated heterocycles. The first-order valence-electron chi connectivity index (χ1n) is 5.69. The summed E-state index contributed by atoms with van der Waals surface area (Å²) in [6, 6.07) is 0. The van der Waals surface area contributed by atoms with E-state index in [1.165, 1.54) is 18.7 Å². The molecule has 0 saturated carbocycles. The molecule has 19 heavy (non-hydrogen) atoms. The average Bonchev–Trinajstić information content (AvgIpc) is 2.78. The fourth-order valence-electron chi connectivity index (χ4n) is 1.21. The molecule has 0 fully saturated rings. The Kier molecular flexibility index (Phi) is 6.43. The standard InChI is InChI=1S/C10H17N5O3S/c1-8(17)18-9(6-16)7-19-10-11-12-13-15(10)5-4-14(2)3/h6,9H,4-5,7H2,1-3H3. The number of esters is 1. The average molecular weight is 287 g/mol. The summed E-state index contributed by atoms with van der Waals surface area (Å²) in [7, 11) is 3.92. The van der Waals surface area contributed by atoms with Crippen molar-refractivity contribution in [2.24, 2.45) is 0 Å². The van der Waals surface area contributed by atoms with E-state index in [4.69, 9.17) is 4.74 Å². The predicted molar refractivity (Wildman–Crippen MR) is 68.7 cm³/mol. The van der Waals surface area contributed by atoms with Crippen molar-refractivity contribution in [1.82, 2.24) is 25.1 Å². The zero-order valence-electron chi connectivity index (χ0n) is 11.1. The molecule has 0 radical (unpaired) electrons. The molecule has 1 rings (SSSR count). The van der Waals surface area contributed by atoms with Crippen molar-refractivity contribution in [1.29, 1.82) is 0 Å². The number of hydrogen-bond donors (Lipinski definition) is 0. The number of rotatable bonds is 8. The summed E-state index contributed by atoms with van der Waals surface area (Å²) >= 11 is 1.28. The molecule has 0 bridgehead atoms. The Bertz CT molecular complexity index is 423. The van der Waals surface area contributed by atoms with E-state index in [1.54, 1.807) is 4.68 Å². The van der Waals surface area contributed by atoms with Gasteiger partial charge in [-0.2, -0.15) is 0 Å². The lowest BCUT2D eigenvalue weighted by molar-refractivity contribution is -0.148. The number of aromatic nitrogens is 4. The van der Waals surface area contributed by atoms with Gasteiger partial charge in [-0.25, -0.2) is 4.68 Å². The van der Waals surface area contributed by atoms with Gasteiger partial charge in [-0.15, -0.1) is 5.10 Å². The van der Waals surface area contributed by atoms with Gasteiger partial charge in [0, 0.05) is 19.2 Å². The number of ether oxygens (including phenoxy) is 1. The van der Waals surface area contributed by atoms with Crippen molar-refractivity contribution in [2.75, 3.05) is 26.4 Å². The van der Waals surface area contributed by atoms with E-state index in [2.05, 4.69) is 15.5 Å². The number of carbonyl (C=O) groups excluding carboxylic acids is 2. The Morgan fingerprint density at radius 1 is 1.58 bits per heavy atom. The Balaban J connectivity index is 2.50. The number of carbonyl (C=O) groups is 2. The van der Waals surface area contributed by atoms with Crippen LogP contribution in [0.2, 0.25) is 0 Å². The van der Waals surface area contributed by atoms with E-state index in [1.807, 2.05) is 19.0 Å². The molecule has 9 heteroatoms. The molecule has 0 aliphatic carbocycles. The van der Waals surface area contributed by atoms with Gasteiger partial charge in [0.1, 0.15) is 0 Å². The van der Waals surface area contributed by atoms with Crippen molar-refractivity contribution < 1.29 is 14.3 Å². The lowest BCUT2D eigenvalue weighted by Gasteiger charge is -2.11. The van der Waals surface area contributed by atoms with E-state index >= 15 is 0 Å². The molecule has 1 unspecified atom stereocenters. The van der Waals surface area contributed by atoms with Crippen molar-refractivity contribution in [2.45, 2.75) is 24.7 Å².